The molecule has 0 amide bonds. The second-order valence-electron chi connectivity index (χ2n) is 5.96. The van der Waals surface area contributed by atoms with Gasteiger partial charge in [0.15, 0.2) is 17.5 Å². The number of guanidine groups is 1. The molecule has 0 spiro atoms. The Morgan fingerprint density at radius 2 is 2.17 bits per heavy atom. The molecule has 0 unspecified atom stereocenters. The quantitative estimate of drug-likeness (QED) is 0.539. The molecule has 6 nitrogen and oxygen atoms in total. The molecule has 1 aromatic carbocycles. The largest absolute Gasteiger partial charge is 0.505 e. The summed E-state index contributed by atoms with van der Waals surface area (Å²) >= 11 is 0. The van der Waals surface area contributed by atoms with Crippen molar-refractivity contribution in [3.63, 3.8) is 0 Å². The van der Waals surface area contributed by atoms with E-state index in [1.54, 1.807) is 20.2 Å². The summed E-state index contributed by atoms with van der Waals surface area (Å²) in [4.78, 5) is 6.62. The molecule has 0 aliphatic carbocycles. The van der Waals surface area contributed by atoms with Crippen LogP contribution in [0.2, 0.25) is 0 Å². The van der Waals surface area contributed by atoms with Crippen LogP contribution in [0.1, 0.15) is 18.4 Å². The number of ether oxygens (including phenoxy) is 1. The number of aliphatic imine (C=N–C) groups is 1. The number of hydrogen-bond acceptors (Lipinski definition) is 4. The smallest absolute Gasteiger partial charge is 0.191 e. The second kappa shape index (κ2) is 9.44. The highest BCUT2D eigenvalue weighted by molar-refractivity contribution is 5.79. The molecule has 0 saturated carbocycles. The van der Waals surface area contributed by atoms with E-state index < -0.39 is 5.82 Å². The number of phenolic OH excluding ortho intramolecular Hbond substituents is 1. The molecule has 134 valence electrons. The number of nitrogens with one attached hydrogen (secondary N) is 2. The molecule has 1 aromatic rings. The summed E-state index contributed by atoms with van der Waals surface area (Å²) in [5.74, 6) is -0.235. The Bertz CT molecular complexity index is 545. The zero-order valence-corrected chi connectivity index (χ0v) is 14.4. The van der Waals surface area contributed by atoms with E-state index in [0.717, 1.165) is 44.6 Å². The van der Waals surface area contributed by atoms with E-state index >= 15 is 0 Å². The van der Waals surface area contributed by atoms with Gasteiger partial charge in [-0.15, -0.1) is 0 Å². The Morgan fingerprint density at radius 3 is 2.79 bits per heavy atom. The molecule has 2 rings (SSSR count). The van der Waals surface area contributed by atoms with Crippen LogP contribution >= 0.6 is 0 Å². The van der Waals surface area contributed by atoms with E-state index in [0.29, 0.717) is 18.5 Å². The fourth-order valence-electron chi connectivity index (χ4n) is 2.76. The lowest BCUT2D eigenvalue weighted by Crippen LogP contribution is -2.48. The van der Waals surface area contributed by atoms with Gasteiger partial charge in [0.25, 0.3) is 0 Å². The topological polar surface area (TPSA) is 69.1 Å². The summed E-state index contributed by atoms with van der Waals surface area (Å²) < 4.78 is 18.5. The first-order chi connectivity index (χ1) is 11.6. The number of halogens is 1. The standard InChI is InChI=1S/C17H27FN4O2/c1-19-17(20-12-13-3-4-16(23)15(18)11-13)21-14-5-7-22(8-6-14)9-10-24-2/h3-4,11,14,23H,5-10,12H2,1-2H3,(H2,19,20,21). The molecule has 1 aliphatic heterocycles. The van der Waals surface area contributed by atoms with Gasteiger partial charge >= 0.3 is 0 Å². The highest BCUT2D eigenvalue weighted by atomic mass is 19.1. The van der Waals surface area contributed by atoms with Gasteiger partial charge in [-0.25, -0.2) is 4.39 Å². The molecule has 1 aliphatic rings. The van der Waals surface area contributed by atoms with Crippen LogP contribution in [0.25, 0.3) is 0 Å². The number of hydrogen-bond donors (Lipinski definition) is 3. The van der Waals surface area contributed by atoms with E-state index in [9.17, 15) is 9.50 Å². The summed E-state index contributed by atoms with van der Waals surface area (Å²) in [6.45, 7) is 4.28. The molecule has 0 bridgehead atoms. The van der Waals surface area contributed by atoms with Gasteiger partial charge < -0.3 is 25.4 Å². The van der Waals surface area contributed by atoms with Crippen molar-refractivity contribution in [2.45, 2.75) is 25.4 Å². The summed E-state index contributed by atoms with van der Waals surface area (Å²) in [6, 6.07) is 4.75. The van der Waals surface area contributed by atoms with Crippen LogP contribution in [0.5, 0.6) is 5.75 Å². The van der Waals surface area contributed by atoms with Crippen molar-refractivity contribution in [2.24, 2.45) is 4.99 Å². The number of likely N-dealkylation sites (tertiary alicyclic amines) is 1. The van der Waals surface area contributed by atoms with Crippen LogP contribution in [0.15, 0.2) is 23.2 Å². The SMILES string of the molecule is CN=C(NCc1ccc(O)c(F)c1)NC1CCN(CCOC)CC1. The van der Waals surface area contributed by atoms with Crippen molar-refractivity contribution in [3.8, 4) is 5.75 Å². The number of nitrogens with zero attached hydrogens (tertiary/aromatic N) is 2. The fourth-order valence-corrected chi connectivity index (χ4v) is 2.76. The summed E-state index contributed by atoms with van der Waals surface area (Å²) in [6.07, 6.45) is 2.11. The van der Waals surface area contributed by atoms with E-state index in [2.05, 4.69) is 20.5 Å². The summed E-state index contributed by atoms with van der Waals surface area (Å²) in [5, 5.41) is 15.8. The van der Waals surface area contributed by atoms with Crippen LogP contribution in [0, 0.1) is 5.82 Å². The zero-order chi connectivity index (χ0) is 17.4. The maximum atomic E-state index is 13.3. The maximum Gasteiger partial charge on any atom is 0.191 e. The molecular formula is C17H27FN4O2. The van der Waals surface area contributed by atoms with Gasteiger partial charge in [0, 0.05) is 46.4 Å². The first-order valence-electron chi connectivity index (χ1n) is 8.28. The lowest BCUT2D eigenvalue weighted by atomic mass is 10.1. The van der Waals surface area contributed by atoms with Gasteiger partial charge in [-0.1, -0.05) is 6.07 Å². The molecule has 1 heterocycles. The molecular weight excluding hydrogens is 311 g/mol. The minimum atomic E-state index is -0.610. The van der Waals surface area contributed by atoms with E-state index in [1.165, 1.54) is 12.1 Å². The van der Waals surface area contributed by atoms with Gasteiger partial charge in [0.1, 0.15) is 0 Å². The van der Waals surface area contributed by atoms with Gasteiger partial charge in [-0.3, -0.25) is 4.99 Å². The Kier molecular flexibility index (Phi) is 7.27. The number of rotatable bonds is 6. The predicted octanol–water partition coefficient (Wildman–Crippen LogP) is 1.31. The van der Waals surface area contributed by atoms with Gasteiger partial charge in [0.2, 0.25) is 0 Å². The van der Waals surface area contributed by atoms with Gasteiger partial charge in [0.05, 0.1) is 6.61 Å². The third-order valence-corrected chi connectivity index (χ3v) is 4.24. The number of benzene rings is 1. The van der Waals surface area contributed by atoms with E-state index in [1.807, 2.05) is 0 Å². The molecule has 7 heteroatoms. The monoisotopic (exact) mass is 338 g/mol. The van der Waals surface area contributed by atoms with Gasteiger partial charge in [-0.05, 0) is 30.5 Å². The number of methoxy groups -OCH3 is 1. The van der Waals surface area contributed by atoms with Crippen LogP contribution in [-0.4, -0.2) is 62.4 Å². The third-order valence-electron chi connectivity index (χ3n) is 4.24. The molecule has 0 aromatic heterocycles. The highest BCUT2D eigenvalue weighted by Crippen LogP contribution is 2.16. The second-order valence-corrected chi connectivity index (χ2v) is 5.96. The normalized spacial score (nSPS) is 17.0. The third kappa shape index (κ3) is 5.65. The lowest BCUT2D eigenvalue weighted by molar-refractivity contribution is 0.128. The van der Waals surface area contributed by atoms with Crippen molar-refractivity contribution in [2.75, 3.05) is 40.4 Å². The first-order valence-corrected chi connectivity index (χ1v) is 8.28. The molecule has 1 fully saturated rings. The average Bonchev–Trinajstić information content (AvgIpc) is 2.60. The van der Waals surface area contributed by atoms with Crippen LogP contribution < -0.4 is 10.6 Å². The Balaban J connectivity index is 1.75. The Morgan fingerprint density at radius 1 is 1.42 bits per heavy atom. The summed E-state index contributed by atoms with van der Waals surface area (Å²) in [5.41, 5.74) is 0.752. The number of aromatic hydroxyl groups is 1. The zero-order valence-electron chi connectivity index (χ0n) is 14.4. The van der Waals surface area contributed by atoms with Crippen molar-refractivity contribution >= 4 is 5.96 Å². The van der Waals surface area contributed by atoms with Crippen molar-refractivity contribution in [3.05, 3.63) is 29.6 Å². The number of piperidine rings is 1. The highest BCUT2D eigenvalue weighted by Gasteiger charge is 2.19. The molecule has 3 N–H and O–H groups in total. The Labute approximate surface area is 142 Å². The van der Waals surface area contributed by atoms with E-state index in [-0.39, 0.29) is 5.75 Å². The maximum absolute atomic E-state index is 13.3. The lowest BCUT2D eigenvalue weighted by Gasteiger charge is -2.32. The minimum Gasteiger partial charge on any atom is -0.505 e. The molecule has 24 heavy (non-hydrogen) atoms. The predicted molar refractivity (Wildman–Crippen MR) is 92.7 cm³/mol. The molecule has 1 saturated heterocycles. The minimum absolute atomic E-state index is 0.332. The van der Waals surface area contributed by atoms with Crippen LogP contribution in [0.3, 0.4) is 0 Å². The first kappa shape index (κ1) is 18.5. The van der Waals surface area contributed by atoms with Crippen LogP contribution in [0.4, 0.5) is 4.39 Å². The molecule has 0 atom stereocenters. The van der Waals surface area contributed by atoms with Crippen molar-refractivity contribution in [1.29, 1.82) is 0 Å². The Hall–Kier alpha value is -1.86. The summed E-state index contributed by atoms with van der Waals surface area (Å²) in [7, 11) is 3.45. The van der Waals surface area contributed by atoms with Crippen molar-refractivity contribution < 1.29 is 14.2 Å². The number of phenols is 1. The van der Waals surface area contributed by atoms with Gasteiger partial charge in [-0.2, -0.15) is 0 Å². The van der Waals surface area contributed by atoms with E-state index in [4.69, 9.17) is 4.74 Å². The average molecular weight is 338 g/mol. The van der Waals surface area contributed by atoms with Crippen molar-refractivity contribution in [1.82, 2.24) is 15.5 Å². The molecule has 0 radical (unpaired) electrons. The van der Waals surface area contributed by atoms with Crippen LogP contribution in [-0.2, 0) is 11.3 Å². The fraction of sp³-hybridized carbons (Fsp3) is 0.588.